The van der Waals surface area contributed by atoms with Crippen LogP contribution in [0.2, 0.25) is 0 Å². The molecule has 0 aliphatic carbocycles. The van der Waals surface area contributed by atoms with E-state index in [1.54, 1.807) is 0 Å². The lowest BCUT2D eigenvalue weighted by molar-refractivity contribution is -0.137. The van der Waals surface area contributed by atoms with Crippen molar-refractivity contribution >= 4 is 21.6 Å². The van der Waals surface area contributed by atoms with Crippen molar-refractivity contribution in [1.29, 1.82) is 0 Å². The lowest BCUT2D eigenvalue weighted by Crippen LogP contribution is -2.48. The minimum atomic E-state index is -4.64. The molecule has 0 saturated carbocycles. The zero-order valence-electron chi connectivity index (χ0n) is 18.3. The number of ether oxygens (including phenoxy) is 1. The normalized spacial score (nSPS) is 13.0. The van der Waals surface area contributed by atoms with Crippen LogP contribution in [0.25, 0.3) is 0 Å². The quantitative estimate of drug-likeness (QED) is 0.556. The van der Waals surface area contributed by atoms with Gasteiger partial charge in [0.1, 0.15) is 18.4 Å². The van der Waals surface area contributed by atoms with Crippen LogP contribution in [0.1, 0.15) is 37.8 Å². The van der Waals surface area contributed by atoms with Gasteiger partial charge in [-0.1, -0.05) is 38.1 Å². The first-order chi connectivity index (χ1) is 14.8. The van der Waals surface area contributed by atoms with Gasteiger partial charge in [0.05, 0.1) is 24.1 Å². The van der Waals surface area contributed by atoms with Gasteiger partial charge in [0.2, 0.25) is 15.9 Å². The van der Waals surface area contributed by atoms with E-state index in [0.717, 1.165) is 24.0 Å². The van der Waals surface area contributed by atoms with E-state index < -0.39 is 33.7 Å². The Kier molecular flexibility index (Phi) is 8.17. The maximum Gasteiger partial charge on any atom is 0.416 e. The van der Waals surface area contributed by atoms with Gasteiger partial charge in [-0.05, 0) is 42.7 Å². The maximum absolute atomic E-state index is 13.1. The number of nitrogens with zero attached hydrogens (tertiary/aromatic N) is 1. The van der Waals surface area contributed by atoms with Gasteiger partial charge in [0.15, 0.2) is 0 Å². The first-order valence-electron chi connectivity index (χ1n) is 9.98. The first-order valence-corrected chi connectivity index (χ1v) is 11.8. The minimum absolute atomic E-state index is 0.0931. The maximum atomic E-state index is 13.1. The summed E-state index contributed by atoms with van der Waals surface area (Å²) >= 11 is 0. The molecule has 0 aromatic heterocycles. The van der Waals surface area contributed by atoms with Gasteiger partial charge in [-0.2, -0.15) is 13.2 Å². The number of halogens is 3. The molecule has 0 spiro atoms. The summed E-state index contributed by atoms with van der Waals surface area (Å²) in [6.45, 7) is 5.60. The summed E-state index contributed by atoms with van der Waals surface area (Å²) in [5.74, 6) is 0.275. The number of rotatable bonds is 9. The average Bonchev–Trinajstić information content (AvgIpc) is 2.69. The molecule has 32 heavy (non-hydrogen) atoms. The molecule has 2 aromatic rings. The van der Waals surface area contributed by atoms with Gasteiger partial charge in [0.25, 0.3) is 0 Å². The van der Waals surface area contributed by atoms with Crippen molar-refractivity contribution in [1.82, 2.24) is 5.32 Å². The summed E-state index contributed by atoms with van der Waals surface area (Å²) in [6, 6.07) is 10.1. The number of carbonyl (C=O) groups is 1. The summed E-state index contributed by atoms with van der Waals surface area (Å²) in [7, 11) is -4.04. The Balaban J connectivity index is 2.09. The van der Waals surface area contributed by atoms with E-state index in [9.17, 15) is 26.4 Å². The molecule has 0 saturated heterocycles. The number of anilines is 1. The minimum Gasteiger partial charge on any atom is -0.491 e. The zero-order chi connectivity index (χ0) is 24.1. The molecule has 0 fully saturated rings. The van der Waals surface area contributed by atoms with E-state index in [4.69, 9.17) is 4.74 Å². The molecule has 2 rings (SSSR count). The predicted molar refractivity (Wildman–Crippen MR) is 117 cm³/mol. The number of nitrogens with one attached hydrogen (secondary N) is 1. The van der Waals surface area contributed by atoms with Gasteiger partial charge in [0, 0.05) is 0 Å². The molecule has 0 radical (unpaired) electrons. The standard InChI is InChI=1S/C22H27F3N2O4S/c1-15(2)19-10-5-6-11-20(19)31-13-12-26-21(28)16(3)27(32(4,29)30)18-9-7-8-17(14-18)22(23,24)25/h5-11,14-16H,12-13H2,1-4H3,(H,26,28)/t16-/m0/s1. The molecule has 1 amide bonds. The van der Waals surface area contributed by atoms with Crippen LogP contribution in [0.4, 0.5) is 18.9 Å². The number of carbonyl (C=O) groups excluding carboxylic acids is 1. The lowest BCUT2D eigenvalue weighted by Gasteiger charge is -2.28. The Morgan fingerprint density at radius 1 is 1.09 bits per heavy atom. The van der Waals surface area contributed by atoms with Gasteiger partial charge >= 0.3 is 6.18 Å². The summed E-state index contributed by atoms with van der Waals surface area (Å²) in [5, 5.41) is 2.58. The van der Waals surface area contributed by atoms with Crippen molar-refractivity contribution in [3.63, 3.8) is 0 Å². The van der Waals surface area contributed by atoms with E-state index in [1.165, 1.54) is 13.0 Å². The number of hydrogen-bond acceptors (Lipinski definition) is 4. The van der Waals surface area contributed by atoms with Crippen LogP contribution in [0.5, 0.6) is 5.75 Å². The van der Waals surface area contributed by atoms with Crippen LogP contribution in [-0.4, -0.2) is 39.8 Å². The fourth-order valence-corrected chi connectivity index (χ4v) is 4.37. The summed E-state index contributed by atoms with van der Waals surface area (Å²) in [5.41, 5.74) is -0.236. The van der Waals surface area contributed by atoms with Gasteiger partial charge < -0.3 is 10.1 Å². The zero-order valence-corrected chi connectivity index (χ0v) is 19.1. The van der Waals surface area contributed by atoms with Crippen molar-refractivity contribution < 1.29 is 31.1 Å². The van der Waals surface area contributed by atoms with E-state index in [2.05, 4.69) is 5.32 Å². The van der Waals surface area contributed by atoms with E-state index in [0.29, 0.717) is 16.1 Å². The highest BCUT2D eigenvalue weighted by molar-refractivity contribution is 7.92. The third-order valence-corrected chi connectivity index (χ3v) is 5.96. The number of alkyl halides is 3. The number of para-hydroxylation sites is 1. The molecule has 0 heterocycles. The lowest BCUT2D eigenvalue weighted by atomic mass is 10.0. The Bertz CT molecular complexity index is 1040. The third kappa shape index (κ3) is 6.62. The van der Waals surface area contributed by atoms with Crippen LogP contribution >= 0.6 is 0 Å². The molecule has 176 valence electrons. The van der Waals surface area contributed by atoms with E-state index in [1.807, 2.05) is 38.1 Å². The molecule has 0 aliphatic rings. The molecular weight excluding hydrogens is 445 g/mol. The van der Waals surface area contributed by atoms with Crippen molar-refractivity contribution in [2.24, 2.45) is 0 Å². The van der Waals surface area contributed by atoms with Crippen molar-refractivity contribution in [3.8, 4) is 5.75 Å². The van der Waals surface area contributed by atoms with Gasteiger partial charge in [-0.15, -0.1) is 0 Å². The van der Waals surface area contributed by atoms with Crippen LogP contribution in [-0.2, 0) is 21.0 Å². The van der Waals surface area contributed by atoms with E-state index in [-0.39, 0.29) is 24.8 Å². The first kappa shape index (κ1) is 25.5. The summed E-state index contributed by atoms with van der Waals surface area (Å²) in [4.78, 5) is 12.6. The number of hydrogen-bond donors (Lipinski definition) is 1. The molecule has 1 N–H and O–H groups in total. The Morgan fingerprint density at radius 3 is 2.34 bits per heavy atom. The van der Waals surface area contributed by atoms with Gasteiger partial charge in [-0.3, -0.25) is 9.10 Å². The predicted octanol–water partition coefficient (Wildman–Crippen LogP) is 4.18. The highest BCUT2D eigenvalue weighted by Gasteiger charge is 2.34. The van der Waals surface area contributed by atoms with Crippen LogP contribution in [0, 0.1) is 0 Å². The highest BCUT2D eigenvalue weighted by atomic mass is 32.2. The molecule has 6 nitrogen and oxygen atoms in total. The second kappa shape index (κ2) is 10.2. The Hall–Kier alpha value is -2.75. The van der Waals surface area contributed by atoms with Crippen LogP contribution in [0.15, 0.2) is 48.5 Å². The fraction of sp³-hybridized carbons (Fsp3) is 0.409. The topological polar surface area (TPSA) is 75.7 Å². The summed E-state index contributed by atoms with van der Waals surface area (Å²) < 4.78 is 70.1. The number of sulfonamides is 1. The van der Waals surface area contributed by atoms with Crippen molar-refractivity contribution in [2.45, 2.75) is 38.9 Å². The number of amides is 1. The SMILES string of the molecule is CC(C)c1ccccc1OCCNC(=O)[C@H](C)N(c1cccc(C(F)(F)F)c1)S(C)(=O)=O. The van der Waals surface area contributed by atoms with Gasteiger partial charge in [-0.25, -0.2) is 8.42 Å². The van der Waals surface area contributed by atoms with Crippen LogP contribution < -0.4 is 14.4 Å². The molecule has 0 bridgehead atoms. The molecule has 0 unspecified atom stereocenters. The van der Waals surface area contributed by atoms with Crippen LogP contribution in [0.3, 0.4) is 0 Å². The average molecular weight is 473 g/mol. The monoisotopic (exact) mass is 472 g/mol. The van der Waals surface area contributed by atoms with E-state index >= 15 is 0 Å². The second-order valence-electron chi connectivity index (χ2n) is 7.61. The van der Waals surface area contributed by atoms with Crippen molar-refractivity contribution in [2.75, 3.05) is 23.7 Å². The molecule has 0 aliphatic heterocycles. The fourth-order valence-electron chi connectivity index (χ4n) is 3.20. The Labute approximate surface area is 186 Å². The largest absolute Gasteiger partial charge is 0.491 e. The Morgan fingerprint density at radius 2 is 1.75 bits per heavy atom. The highest BCUT2D eigenvalue weighted by Crippen LogP contribution is 2.33. The second-order valence-corrected chi connectivity index (χ2v) is 9.47. The van der Waals surface area contributed by atoms with Crippen molar-refractivity contribution in [3.05, 3.63) is 59.7 Å². The molecule has 1 atom stereocenters. The molecule has 2 aromatic carbocycles. The summed E-state index contributed by atoms with van der Waals surface area (Å²) in [6.07, 6.45) is -3.81. The smallest absolute Gasteiger partial charge is 0.416 e. The molecular formula is C22H27F3N2O4S. The third-order valence-electron chi connectivity index (χ3n) is 4.72. The number of benzene rings is 2. The molecule has 10 heteroatoms.